The Labute approximate surface area is 72.9 Å². The van der Waals surface area contributed by atoms with Crippen molar-refractivity contribution in [3.05, 3.63) is 23.7 Å². The van der Waals surface area contributed by atoms with E-state index in [0.29, 0.717) is 24.4 Å². The molecule has 1 rings (SSSR count). The van der Waals surface area contributed by atoms with Crippen LogP contribution in [0.15, 0.2) is 23.7 Å². The van der Waals surface area contributed by atoms with E-state index in [9.17, 15) is 4.39 Å². The lowest BCUT2D eigenvalue weighted by Gasteiger charge is -2.16. The van der Waals surface area contributed by atoms with E-state index in [2.05, 4.69) is 6.58 Å². The Morgan fingerprint density at radius 2 is 2.17 bits per heavy atom. The Kier molecular flexibility index (Phi) is 3.32. The third-order valence-electron chi connectivity index (χ3n) is 2.06. The molecule has 12 heavy (non-hydrogen) atoms. The van der Waals surface area contributed by atoms with Crippen LogP contribution in [0.3, 0.4) is 0 Å². The van der Waals surface area contributed by atoms with Gasteiger partial charge in [0.1, 0.15) is 11.6 Å². The molecule has 68 valence electrons. The third-order valence-corrected chi connectivity index (χ3v) is 2.06. The van der Waals surface area contributed by atoms with E-state index in [-0.39, 0.29) is 5.83 Å². The lowest BCUT2D eigenvalue weighted by Crippen LogP contribution is -2.01. The van der Waals surface area contributed by atoms with Crippen LogP contribution in [0.4, 0.5) is 4.39 Å². The summed E-state index contributed by atoms with van der Waals surface area (Å²) in [6.07, 6.45) is 3.34. The summed E-state index contributed by atoms with van der Waals surface area (Å²) >= 11 is 0. The Hall–Kier alpha value is -0.790. The number of rotatable bonds is 3. The van der Waals surface area contributed by atoms with Crippen molar-refractivity contribution in [1.82, 2.24) is 0 Å². The van der Waals surface area contributed by atoms with Gasteiger partial charge >= 0.3 is 0 Å². The summed E-state index contributed by atoms with van der Waals surface area (Å²) in [5.41, 5.74) is 0.697. The second-order valence-corrected chi connectivity index (χ2v) is 2.95. The molecule has 0 radical (unpaired) electrons. The lowest BCUT2D eigenvalue weighted by molar-refractivity contribution is 0.233. The highest BCUT2D eigenvalue weighted by atomic mass is 19.1. The Morgan fingerprint density at radius 1 is 1.50 bits per heavy atom. The molecule has 1 aliphatic carbocycles. The van der Waals surface area contributed by atoms with Crippen LogP contribution < -0.4 is 0 Å². The molecule has 0 atom stereocenters. The molecule has 2 heteroatoms. The first kappa shape index (κ1) is 9.30. The average Bonchev–Trinajstić information content (AvgIpc) is 2.05. The van der Waals surface area contributed by atoms with Crippen molar-refractivity contribution in [1.29, 1.82) is 0 Å². The quantitative estimate of drug-likeness (QED) is 0.590. The SMILES string of the molecule is C=C(OCC)C1=C(F)CCCC1. The van der Waals surface area contributed by atoms with E-state index in [1.54, 1.807) is 0 Å². The first-order chi connectivity index (χ1) is 5.75. The molecule has 0 saturated carbocycles. The van der Waals surface area contributed by atoms with Gasteiger partial charge in [-0.25, -0.2) is 4.39 Å². The lowest BCUT2D eigenvalue weighted by atomic mass is 9.97. The number of allylic oxidation sites excluding steroid dienone is 2. The van der Waals surface area contributed by atoms with Crippen molar-refractivity contribution in [2.24, 2.45) is 0 Å². The maximum absolute atomic E-state index is 13.2. The minimum absolute atomic E-state index is 0.0281. The topological polar surface area (TPSA) is 9.23 Å². The van der Waals surface area contributed by atoms with Gasteiger partial charge in [0.25, 0.3) is 0 Å². The molecule has 0 amide bonds. The Bertz CT molecular complexity index is 206. The summed E-state index contributed by atoms with van der Waals surface area (Å²) in [5, 5.41) is 0. The molecule has 0 aromatic heterocycles. The highest BCUT2D eigenvalue weighted by molar-refractivity contribution is 5.27. The van der Waals surface area contributed by atoms with Crippen LogP contribution in [0.5, 0.6) is 0 Å². The van der Waals surface area contributed by atoms with Crippen molar-refractivity contribution in [3.63, 3.8) is 0 Å². The van der Waals surface area contributed by atoms with Gasteiger partial charge in [0.05, 0.1) is 6.61 Å². The summed E-state index contributed by atoms with van der Waals surface area (Å²) in [4.78, 5) is 0. The predicted molar refractivity (Wildman–Crippen MR) is 47.4 cm³/mol. The van der Waals surface area contributed by atoms with Crippen LogP contribution in [-0.4, -0.2) is 6.61 Å². The fourth-order valence-electron chi connectivity index (χ4n) is 1.42. The van der Waals surface area contributed by atoms with Crippen molar-refractivity contribution in [2.75, 3.05) is 6.61 Å². The normalized spacial score (nSPS) is 17.8. The zero-order valence-electron chi connectivity index (χ0n) is 7.53. The van der Waals surface area contributed by atoms with Gasteiger partial charge in [-0.2, -0.15) is 0 Å². The maximum Gasteiger partial charge on any atom is 0.117 e. The summed E-state index contributed by atoms with van der Waals surface area (Å²) in [6, 6.07) is 0. The van der Waals surface area contributed by atoms with E-state index in [1.807, 2.05) is 6.92 Å². The number of hydrogen-bond donors (Lipinski definition) is 0. The molecule has 0 fully saturated rings. The molecule has 0 aromatic carbocycles. The monoisotopic (exact) mass is 170 g/mol. The maximum atomic E-state index is 13.2. The first-order valence-electron chi connectivity index (χ1n) is 4.45. The highest BCUT2D eigenvalue weighted by Gasteiger charge is 2.15. The molecular weight excluding hydrogens is 155 g/mol. The van der Waals surface area contributed by atoms with E-state index in [0.717, 1.165) is 19.3 Å². The number of hydrogen-bond acceptors (Lipinski definition) is 1. The fraction of sp³-hybridized carbons (Fsp3) is 0.600. The Balaban J connectivity index is 2.64. The largest absolute Gasteiger partial charge is 0.494 e. The Morgan fingerprint density at radius 3 is 2.75 bits per heavy atom. The molecule has 0 bridgehead atoms. The second-order valence-electron chi connectivity index (χ2n) is 2.95. The van der Waals surface area contributed by atoms with Gasteiger partial charge in [-0.3, -0.25) is 0 Å². The number of ether oxygens (including phenoxy) is 1. The van der Waals surface area contributed by atoms with Crippen LogP contribution in [0.1, 0.15) is 32.6 Å². The number of halogens is 1. The van der Waals surface area contributed by atoms with Gasteiger partial charge in [0.15, 0.2) is 0 Å². The van der Waals surface area contributed by atoms with Gasteiger partial charge < -0.3 is 4.74 Å². The molecule has 0 N–H and O–H groups in total. The molecule has 0 spiro atoms. The summed E-state index contributed by atoms with van der Waals surface area (Å²) in [5.74, 6) is 0.495. The van der Waals surface area contributed by atoms with E-state index < -0.39 is 0 Å². The van der Waals surface area contributed by atoms with Crippen molar-refractivity contribution < 1.29 is 9.13 Å². The first-order valence-corrected chi connectivity index (χ1v) is 4.45. The summed E-state index contributed by atoms with van der Waals surface area (Å²) in [6.45, 7) is 6.14. The van der Waals surface area contributed by atoms with E-state index >= 15 is 0 Å². The van der Waals surface area contributed by atoms with Crippen LogP contribution in [0.2, 0.25) is 0 Å². The van der Waals surface area contributed by atoms with Crippen LogP contribution >= 0.6 is 0 Å². The van der Waals surface area contributed by atoms with Crippen LogP contribution in [-0.2, 0) is 4.74 Å². The molecule has 0 unspecified atom stereocenters. The third kappa shape index (κ3) is 2.10. The average molecular weight is 170 g/mol. The van der Waals surface area contributed by atoms with Crippen LogP contribution in [0.25, 0.3) is 0 Å². The minimum atomic E-state index is -0.0281. The molecule has 0 aliphatic heterocycles. The highest BCUT2D eigenvalue weighted by Crippen LogP contribution is 2.30. The van der Waals surface area contributed by atoms with Gasteiger partial charge in [-0.1, -0.05) is 6.58 Å². The molecule has 0 aromatic rings. The smallest absolute Gasteiger partial charge is 0.117 e. The fourth-order valence-corrected chi connectivity index (χ4v) is 1.42. The summed E-state index contributed by atoms with van der Waals surface area (Å²) in [7, 11) is 0. The molecule has 0 heterocycles. The van der Waals surface area contributed by atoms with Crippen molar-refractivity contribution in [2.45, 2.75) is 32.6 Å². The van der Waals surface area contributed by atoms with E-state index in [4.69, 9.17) is 4.74 Å². The van der Waals surface area contributed by atoms with Crippen molar-refractivity contribution >= 4 is 0 Å². The van der Waals surface area contributed by atoms with Crippen molar-refractivity contribution in [3.8, 4) is 0 Å². The van der Waals surface area contributed by atoms with Crippen LogP contribution in [0, 0.1) is 0 Å². The van der Waals surface area contributed by atoms with Gasteiger partial charge in [-0.15, -0.1) is 0 Å². The minimum Gasteiger partial charge on any atom is -0.494 e. The second kappa shape index (κ2) is 4.29. The van der Waals surface area contributed by atoms with Gasteiger partial charge in [0, 0.05) is 5.57 Å². The van der Waals surface area contributed by atoms with Gasteiger partial charge in [0.2, 0.25) is 0 Å². The molecule has 1 aliphatic rings. The van der Waals surface area contributed by atoms with E-state index in [1.165, 1.54) is 0 Å². The van der Waals surface area contributed by atoms with Gasteiger partial charge in [-0.05, 0) is 32.6 Å². The zero-order valence-corrected chi connectivity index (χ0v) is 7.53. The molecule has 0 saturated heterocycles. The zero-order chi connectivity index (χ0) is 8.97. The standard InChI is InChI=1S/C10H15FO/c1-3-12-8(2)9-6-4-5-7-10(9)11/h2-7H2,1H3. The summed E-state index contributed by atoms with van der Waals surface area (Å²) < 4.78 is 18.3. The molecule has 1 nitrogen and oxygen atoms in total. The predicted octanol–water partition coefficient (Wildman–Crippen LogP) is 3.33. The molecular formula is C10H15FO.